The Morgan fingerprint density at radius 3 is 2.39 bits per heavy atom. The standard InChI is InChI=1S/C26H33F2NO4/c1-16(2)26(11-10-18-13-20(28)6-9-23(18)33-26)25(31-3)15-29-14-21(30)24-7-4-17-12-19(27)5-8-22(17)32-24/h5-6,8-9,12-13,16,21,24-25,29-30H,4,7,10-11,14-15H2,1-3H3/t21-,24+,25-,26+/m1/s1. The van der Waals surface area contributed by atoms with E-state index < -0.39 is 11.7 Å². The van der Waals surface area contributed by atoms with Gasteiger partial charge in [-0.15, -0.1) is 0 Å². The quantitative estimate of drug-likeness (QED) is 0.621. The highest BCUT2D eigenvalue weighted by atomic mass is 19.1. The fraction of sp³-hybridized carbons (Fsp3) is 0.538. The van der Waals surface area contributed by atoms with Gasteiger partial charge >= 0.3 is 0 Å². The van der Waals surface area contributed by atoms with Gasteiger partial charge in [0.15, 0.2) is 0 Å². The molecule has 0 radical (unpaired) electrons. The van der Waals surface area contributed by atoms with Crippen molar-refractivity contribution in [3.63, 3.8) is 0 Å². The molecule has 33 heavy (non-hydrogen) atoms. The van der Waals surface area contributed by atoms with Gasteiger partial charge in [-0.3, -0.25) is 0 Å². The zero-order valence-corrected chi connectivity index (χ0v) is 19.4. The Bertz CT molecular complexity index is 969. The fourth-order valence-corrected chi connectivity index (χ4v) is 5.03. The Kier molecular flexibility index (Phi) is 7.22. The largest absolute Gasteiger partial charge is 0.487 e. The molecular formula is C26H33F2NO4. The van der Waals surface area contributed by atoms with Gasteiger partial charge in [0.2, 0.25) is 0 Å². The van der Waals surface area contributed by atoms with Crippen molar-refractivity contribution in [3.05, 3.63) is 59.2 Å². The summed E-state index contributed by atoms with van der Waals surface area (Å²) in [6.45, 7) is 5.02. The maximum absolute atomic E-state index is 13.6. The number of hydrogen-bond acceptors (Lipinski definition) is 5. The lowest BCUT2D eigenvalue weighted by Crippen LogP contribution is -2.58. The number of fused-ring (bicyclic) bond motifs is 2. The number of aliphatic hydroxyl groups excluding tert-OH is 1. The lowest BCUT2D eigenvalue weighted by atomic mass is 9.77. The van der Waals surface area contributed by atoms with Crippen molar-refractivity contribution in [2.45, 2.75) is 63.4 Å². The Morgan fingerprint density at radius 1 is 1.06 bits per heavy atom. The predicted molar refractivity (Wildman–Crippen MR) is 122 cm³/mol. The Labute approximate surface area is 194 Å². The molecule has 0 spiro atoms. The van der Waals surface area contributed by atoms with Crippen LogP contribution in [0.25, 0.3) is 0 Å². The van der Waals surface area contributed by atoms with Gasteiger partial charge in [-0.25, -0.2) is 8.78 Å². The third-order valence-corrected chi connectivity index (χ3v) is 7.03. The van der Waals surface area contributed by atoms with Crippen LogP contribution in [0.3, 0.4) is 0 Å². The molecule has 0 aromatic heterocycles. The van der Waals surface area contributed by atoms with E-state index in [1.165, 1.54) is 24.3 Å². The number of halogens is 2. The molecule has 2 aromatic carbocycles. The third-order valence-electron chi connectivity index (χ3n) is 7.03. The first kappa shape index (κ1) is 23.9. The Morgan fingerprint density at radius 2 is 1.73 bits per heavy atom. The lowest BCUT2D eigenvalue weighted by molar-refractivity contribution is -0.113. The molecule has 5 nitrogen and oxygen atoms in total. The zero-order valence-electron chi connectivity index (χ0n) is 19.4. The van der Waals surface area contributed by atoms with Crippen LogP contribution in [-0.4, -0.2) is 49.2 Å². The molecule has 4 atom stereocenters. The molecule has 0 saturated heterocycles. The molecule has 0 fully saturated rings. The van der Waals surface area contributed by atoms with E-state index >= 15 is 0 Å². The van der Waals surface area contributed by atoms with Gasteiger partial charge in [-0.1, -0.05) is 13.8 Å². The van der Waals surface area contributed by atoms with Crippen LogP contribution >= 0.6 is 0 Å². The fourth-order valence-electron chi connectivity index (χ4n) is 5.03. The maximum Gasteiger partial charge on any atom is 0.139 e. The minimum absolute atomic E-state index is 0.158. The minimum Gasteiger partial charge on any atom is -0.487 e. The van der Waals surface area contributed by atoms with E-state index in [-0.39, 0.29) is 29.8 Å². The van der Waals surface area contributed by atoms with Gasteiger partial charge in [0, 0.05) is 20.2 Å². The molecule has 0 aliphatic carbocycles. The summed E-state index contributed by atoms with van der Waals surface area (Å²) in [6.07, 6.45) is 1.38. The average Bonchev–Trinajstić information content (AvgIpc) is 2.81. The smallest absolute Gasteiger partial charge is 0.139 e. The van der Waals surface area contributed by atoms with Crippen LogP contribution in [-0.2, 0) is 17.6 Å². The summed E-state index contributed by atoms with van der Waals surface area (Å²) in [7, 11) is 1.66. The van der Waals surface area contributed by atoms with E-state index in [2.05, 4.69) is 19.2 Å². The number of benzene rings is 2. The summed E-state index contributed by atoms with van der Waals surface area (Å²) in [5.74, 6) is 0.951. The molecule has 2 heterocycles. The SMILES string of the molecule is CO[C@H](CNC[C@@H](O)[C@@H]1CCc2cc(F)ccc2O1)[C@@]1(C(C)C)CCc2cc(F)ccc2O1. The van der Waals surface area contributed by atoms with Crippen molar-refractivity contribution in [2.24, 2.45) is 5.92 Å². The monoisotopic (exact) mass is 461 g/mol. The van der Waals surface area contributed by atoms with Crippen molar-refractivity contribution in [1.29, 1.82) is 0 Å². The number of aryl methyl sites for hydroxylation is 2. The van der Waals surface area contributed by atoms with E-state index in [0.29, 0.717) is 50.3 Å². The molecule has 7 heteroatoms. The van der Waals surface area contributed by atoms with E-state index in [1.807, 2.05) is 0 Å². The summed E-state index contributed by atoms with van der Waals surface area (Å²) in [6, 6.07) is 9.12. The molecule has 2 N–H and O–H groups in total. The van der Waals surface area contributed by atoms with E-state index in [0.717, 1.165) is 11.1 Å². The van der Waals surface area contributed by atoms with E-state index in [9.17, 15) is 13.9 Å². The second kappa shape index (κ2) is 9.95. The van der Waals surface area contributed by atoms with Crippen LogP contribution < -0.4 is 14.8 Å². The van der Waals surface area contributed by atoms with Crippen LogP contribution in [0, 0.1) is 17.6 Å². The van der Waals surface area contributed by atoms with E-state index in [4.69, 9.17) is 14.2 Å². The van der Waals surface area contributed by atoms with Gasteiger partial charge in [-0.2, -0.15) is 0 Å². The number of nitrogens with one attached hydrogen (secondary N) is 1. The molecular weight excluding hydrogens is 428 g/mol. The third kappa shape index (κ3) is 5.00. The second-order valence-corrected chi connectivity index (χ2v) is 9.36. The van der Waals surface area contributed by atoms with Gasteiger partial charge in [0.05, 0.1) is 0 Å². The highest BCUT2D eigenvalue weighted by Crippen LogP contribution is 2.40. The van der Waals surface area contributed by atoms with Gasteiger partial charge in [0.25, 0.3) is 0 Å². The van der Waals surface area contributed by atoms with Crippen molar-refractivity contribution in [1.82, 2.24) is 5.32 Å². The number of ether oxygens (including phenoxy) is 3. The normalized spacial score (nSPS) is 23.8. The first-order valence-electron chi connectivity index (χ1n) is 11.7. The molecule has 180 valence electrons. The molecule has 0 unspecified atom stereocenters. The maximum atomic E-state index is 13.6. The van der Waals surface area contributed by atoms with Gasteiger partial charge < -0.3 is 24.6 Å². The molecule has 2 aromatic rings. The number of aliphatic hydroxyl groups is 1. The topological polar surface area (TPSA) is 60.0 Å². The molecule has 0 bridgehead atoms. The first-order chi connectivity index (χ1) is 15.8. The molecule has 2 aliphatic heterocycles. The molecule has 0 amide bonds. The van der Waals surface area contributed by atoms with Gasteiger partial charge in [-0.05, 0) is 79.1 Å². The summed E-state index contributed by atoms with van der Waals surface area (Å²) in [5, 5.41) is 14.0. The van der Waals surface area contributed by atoms with Crippen molar-refractivity contribution in [3.8, 4) is 11.5 Å². The minimum atomic E-state index is -0.716. The van der Waals surface area contributed by atoms with Crippen molar-refractivity contribution >= 4 is 0 Å². The Hall–Kier alpha value is -2.22. The van der Waals surface area contributed by atoms with Crippen molar-refractivity contribution in [2.75, 3.05) is 20.2 Å². The number of hydrogen-bond donors (Lipinski definition) is 2. The molecule has 0 saturated carbocycles. The summed E-state index contributed by atoms with van der Waals surface area (Å²) in [5.41, 5.74) is 1.14. The average molecular weight is 462 g/mol. The van der Waals surface area contributed by atoms with Crippen LogP contribution in [0.5, 0.6) is 11.5 Å². The van der Waals surface area contributed by atoms with Crippen LogP contribution in [0.15, 0.2) is 36.4 Å². The zero-order chi connectivity index (χ0) is 23.6. The van der Waals surface area contributed by atoms with Crippen LogP contribution in [0.4, 0.5) is 8.78 Å². The van der Waals surface area contributed by atoms with Gasteiger partial charge in [0.1, 0.15) is 47.0 Å². The van der Waals surface area contributed by atoms with Crippen molar-refractivity contribution < 1.29 is 28.1 Å². The number of rotatable bonds is 8. The summed E-state index contributed by atoms with van der Waals surface area (Å²) in [4.78, 5) is 0. The Balaban J connectivity index is 1.37. The first-order valence-corrected chi connectivity index (χ1v) is 11.7. The highest BCUT2D eigenvalue weighted by molar-refractivity contribution is 5.37. The van der Waals surface area contributed by atoms with Crippen LogP contribution in [0.1, 0.15) is 37.8 Å². The second-order valence-electron chi connectivity index (χ2n) is 9.36. The summed E-state index contributed by atoms with van der Waals surface area (Å²) < 4.78 is 45.3. The molecule has 4 rings (SSSR count). The van der Waals surface area contributed by atoms with Crippen LogP contribution in [0.2, 0.25) is 0 Å². The number of methoxy groups -OCH3 is 1. The highest BCUT2D eigenvalue weighted by Gasteiger charge is 2.46. The lowest BCUT2D eigenvalue weighted by Gasteiger charge is -2.46. The van der Waals surface area contributed by atoms with E-state index in [1.54, 1.807) is 19.2 Å². The summed E-state index contributed by atoms with van der Waals surface area (Å²) >= 11 is 0. The predicted octanol–water partition coefficient (Wildman–Crippen LogP) is 4.04. The molecule has 2 aliphatic rings.